The number of imidazole rings is 1. The van der Waals surface area contributed by atoms with Crippen molar-refractivity contribution in [2.75, 3.05) is 0 Å². The Labute approximate surface area is 219 Å². The number of hydrogen-bond donors (Lipinski definition) is 0. The third-order valence-electron chi connectivity index (χ3n) is 7.49. The highest BCUT2D eigenvalue weighted by molar-refractivity contribution is 6.25. The molecule has 0 atom stereocenters. The van der Waals surface area contributed by atoms with Gasteiger partial charge in [-0.05, 0) is 41.8 Å². The summed E-state index contributed by atoms with van der Waals surface area (Å²) in [5, 5.41) is 4.89. The maximum absolute atomic E-state index is 5.23. The highest BCUT2D eigenvalue weighted by atomic mass is 15.1. The van der Waals surface area contributed by atoms with Gasteiger partial charge < -0.3 is 4.57 Å². The van der Waals surface area contributed by atoms with Crippen LogP contribution in [0.1, 0.15) is 0 Å². The fourth-order valence-electron chi connectivity index (χ4n) is 5.88. The van der Waals surface area contributed by atoms with E-state index in [1.807, 2.05) is 0 Å². The van der Waals surface area contributed by atoms with Gasteiger partial charge in [0.2, 0.25) is 0 Å². The fraction of sp³-hybridized carbons (Fsp3) is 0. The molecule has 0 aliphatic heterocycles. The van der Waals surface area contributed by atoms with Crippen LogP contribution in [0.2, 0.25) is 0 Å². The van der Waals surface area contributed by atoms with Crippen molar-refractivity contribution < 1.29 is 0 Å². The molecule has 0 unspecified atom stereocenters. The molecule has 6 aromatic carbocycles. The van der Waals surface area contributed by atoms with Gasteiger partial charge in [-0.25, -0.2) is 4.98 Å². The number of nitrogens with zero attached hydrogens (tertiary/aromatic N) is 3. The van der Waals surface area contributed by atoms with E-state index >= 15 is 0 Å². The van der Waals surface area contributed by atoms with Crippen LogP contribution in [0.25, 0.3) is 66.4 Å². The molecule has 178 valence electrons. The Morgan fingerprint density at radius 3 is 1.79 bits per heavy atom. The van der Waals surface area contributed by atoms with E-state index in [1.165, 1.54) is 32.6 Å². The van der Waals surface area contributed by atoms with Crippen molar-refractivity contribution in [1.82, 2.24) is 14.1 Å². The smallest absolute Gasteiger partial charge is 0.145 e. The van der Waals surface area contributed by atoms with Crippen LogP contribution in [0.15, 0.2) is 140 Å². The first kappa shape index (κ1) is 21.0. The normalized spacial score (nSPS) is 11.7. The first-order chi connectivity index (χ1) is 18.9. The van der Waals surface area contributed by atoms with Gasteiger partial charge in [0.25, 0.3) is 0 Å². The van der Waals surface area contributed by atoms with E-state index in [1.54, 1.807) is 0 Å². The van der Waals surface area contributed by atoms with Crippen molar-refractivity contribution in [1.29, 1.82) is 0 Å². The molecule has 8 rings (SSSR count). The molecule has 0 N–H and O–H groups in total. The van der Waals surface area contributed by atoms with E-state index < -0.39 is 0 Å². The second kappa shape index (κ2) is 8.19. The molecule has 0 bridgehead atoms. The topological polar surface area (TPSA) is 22.8 Å². The summed E-state index contributed by atoms with van der Waals surface area (Å²) >= 11 is 0. The molecule has 0 saturated carbocycles. The number of benzene rings is 6. The number of fused-ring (bicyclic) bond motifs is 7. The summed E-state index contributed by atoms with van der Waals surface area (Å²) in [4.78, 5) is 5.23. The average molecular weight is 486 g/mol. The Kier molecular flexibility index (Phi) is 4.52. The van der Waals surface area contributed by atoms with Crippen LogP contribution in [0, 0.1) is 0 Å². The van der Waals surface area contributed by atoms with Crippen LogP contribution >= 0.6 is 0 Å². The molecular weight excluding hydrogens is 462 g/mol. The lowest BCUT2D eigenvalue weighted by Crippen LogP contribution is -1.99. The molecule has 0 amide bonds. The predicted octanol–water partition coefficient (Wildman–Crippen LogP) is 8.94. The van der Waals surface area contributed by atoms with Gasteiger partial charge >= 0.3 is 0 Å². The largest absolute Gasteiger partial charge is 0.309 e. The zero-order valence-corrected chi connectivity index (χ0v) is 20.6. The molecule has 0 saturated heterocycles. The molecule has 3 nitrogen and oxygen atoms in total. The summed E-state index contributed by atoms with van der Waals surface area (Å²) in [7, 11) is 0. The van der Waals surface area contributed by atoms with Crippen molar-refractivity contribution in [2.24, 2.45) is 0 Å². The van der Waals surface area contributed by atoms with Gasteiger partial charge in [0, 0.05) is 33.1 Å². The molecule has 2 heterocycles. The Morgan fingerprint density at radius 1 is 0.447 bits per heavy atom. The van der Waals surface area contributed by atoms with Crippen molar-refractivity contribution in [3.63, 3.8) is 0 Å². The van der Waals surface area contributed by atoms with Crippen molar-refractivity contribution in [3.8, 4) is 22.8 Å². The third-order valence-corrected chi connectivity index (χ3v) is 7.49. The summed E-state index contributed by atoms with van der Waals surface area (Å²) < 4.78 is 4.75. The van der Waals surface area contributed by atoms with Crippen molar-refractivity contribution >= 4 is 43.6 Å². The van der Waals surface area contributed by atoms with Gasteiger partial charge in [-0.3, -0.25) is 4.57 Å². The van der Waals surface area contributed by atoms with Crippen LogP contribution in [0.3, 0.4) is 0 Å². The van der Waals surface area contributed by atoms with Crippen LogP contribution in [0.5, 0.6) is 0 Å². The van der Waals surface area contributed by atoms with Gasteiger partial charge in [-0.2, -0.15) is 0 Å². The monoisotopic (exact) mass is 485 g/mol. The number of para-hydroxylation sites is 3. The lowest BCUT2D eigenvalue weighted by molar-refractivity contribution is 1.11. The standard InChI is InChI=1S/C35H23N3/c1-4-12-25(13-5-1)35-36-30-23-21-24-20-22-29-28-18-10-11-19-31(28)37(26-14-6-2-7-15-26)33(29)32(24)34(30)38(35)27-16-8-3-9-17-27/h1-23H. The van der Waals surface area contributed by atoms with Gasteiger partial charge in [-0.1, -0.05) is 103 Å². The van der Waals surface area contributed by atoms with E-state index in [-0.39, 0.29) is 0 Å². The van der Waals surface area contributed by atoms with E-state index in [4.69, 9.17) is 4.98 Å². The zero-order valence-electron chi connectivity index (χ0n) is 20.6. The second-order valence-corrected chi connectivity index (χ2v) is 9.65. The first-order valence-electron chi connectivity index (χ1n) is 12.9. The summed E-state index contributed by atoms with van der Waals surface area (Å²) in [5.74, 6) is 0.943. The third kappa shape index (κ3) is 2.99. The summed E-state index contributed by atoms with van der Waals surface area (Å²) in [5.41, 5.74) is 7.86. The minimum absolute atomic E-state index is 0.943. The molecule has 0 spiro atoms. The van der Waals surface area contributed by atoms with Gasteiger partial charge in [-0.15, -0.1) is 0 Å². The maximum Gasteiger partial charge on any atom is 0.145 e. The molecular formula is C35H23N3. The minimum Gasteiger partial charge on any atom is -0.309 e. The first-order valence-corrected chi connectivity index (χ1v) is 12.9. The average Bonchev–Trinajstić information content (AvgIpc) is 3.55. The van der Waals surface area contributed by atoms with E-state index in [2.05, 4.69) is 149 Å². The summed E-state index contributed by atoms with van der Waals surface area (Å²) in [6.45, 7) is 0. The molecule has 0 radical (unpaired) electrons. The predicted molar refractivity (Wildman–Crippen MR) is 158 cm³/mol. The Bertz CT molecular complexity index is 2100. The minimum atomic E-state index is 0.943. The molecule has 0 fully saturated rings. The fourth-order valence-corrected chi connectivity index (χ4v) is 5.88. The molecule has 3 heteroatoms. The Balaban J connectivity index is 1.64. The summed E-state index contributed by atoms with van der Waals surface area (Å²) in [6.07, 6.45) is 0. The van der Waals surface area contributed by atoms with E-state index in [9.17, 15) is 0 Å². The number of hydrogen-bond acceptors (Lipinski definition) is 1. The van der Waals surface area contributed by atoms with Gasteiger partial charge in [0.15, 0.2) is 0 Å². The van der Waals surface area contributed by atoms with Crippen LogP contribution in [-0.4, -0.2) is 14.1 Å². The molecule has 0 aliphatic carbocycles. The summed E-state index contributed by atoms with van der Waals surface area (Å²) in [6, 6.07) is 49.3. The Hall–Kier alpha value is -5.15. The van der Waals surface area contributed by atoms with Crippen LogP contribution in [-0.2, 0) is 0 Å². The number of aromatic nitrogens is 3. The highest BCUT2D eigenvalue weighted by Gasteiger charge is 2.21. The lowest BCUT2D eigenvalue weighted by Gasteiger charge is -2.14. The quantitative estimate of drug-likeness (QED) is 0.245. The van der Waals surface area contributed by atoms with Crippen molar-refractivity contribution in [2.45, 2.75) is 0 Å². The van der Waals surface area contributed by atoms with E-state index in [0.717, 1.165) is 33.8 Å². The number of rotatable bonds is 3. The maximum atomic E-state index is 5.23. The zero-order chi connectivity index (χ0) is 25.1. The molecule has 38 heavy (non-hydrogen) atoms. The SMILES string of the molecule is c1ccc(-c2nc3ccc4ccc5c6ccccc6n(-c6ccccc6)c5c4c3n2-c2ccccc2)cc1. The Morgan fingerprint density at radius 2 is 1.05 bits per heavy atom. The lowest BCUT2D eigenvalue weighted by atomic mass is 10.0. The van der Waals surface area contributed by atoms with Crippen LogP contribution < -0.4 is 0 Å². The van der Waals surface area contributed by atoms with Crippen molar-refractivity contribution in [3.05, 3.63) is 140 Å². The highest BCUT2D eigenvalue weighted by Crippen LogP contribution is 2.41. The molecule has 8 aromatic rings. The van der Waals surface area contributed by atoms with Gasteiger partial charge in [0.1, 0.15) is 5.82 Å². The van der Waals surface area contributed by atoms with E-state index in [0.29, 0.717) is 0 Å². The second-order valence-electron chi connectivity index (χ2n) is 9.65. The van der Waals surface area contributed by atoms with Gasteiger partial charge in [0.05, 0.1) is 22.1 Å². The van der Waals surface area contributed by atoms with Crippen LogP contribution in [0.4, 0.5) is 0 Å². The molecule has 2 aromatic heterocycles. The molecule has 0 aliphatic rings.